The van der Waals surface area contributed by atoms with E-state index < -0.39 is 0 Å². The highest BCUT2D eigenvalue weighted by molar-refractivity contribution is 6.14. The molecule has 0 unspecified atom stereocenters. The van der Waals surface area contributed by atoms with E-state index in [-0.39, 0.29) is 0 Å². The summed E-state index contributed by atoms with van der Waals surface area (Å²) in [6.07, 6.45) is 3.92. The average Bonchev–Trinajstić information content (AvgIpc) is 3.99. The van der Waals surface area contributed by atoms with Gasteiger partial charge in [-0.05, 0) is 133 Å². The molecule has 0 spiro atoms. The Kier molecular flexibility index (Phi) is 9.50. The third-order valence-electron chi connectivity index (χ3n) is 13.3. The molecule has 0 aliphatic heterocycles. The highest BCUT2D eigenvalue weighted by Crippen LogP contribution is 2.44. The fourth-order valence-corrected chi connectivity index (χ4v) is 9.89. The van der Waals surface area contributed by atoms with Crippen LogP contribution < -0.4 is 0 Å². The van der Waals surface area contributed by atoms with Crippen LogP contribution in [-0.4, -0.2) is 4.98 Å². The number of fused-ring (bicyclic) bond motifs is 6. The molecule has 318 valence electrons. The molecule has 13 rings (SSSR count). The Morgan fingerprint density at radius 2 is 0.544 bits per heavy atom. The molecular weight excluding hydrogens is 827 g/mol. The van der Waals surface area contributed by atoms with Crippen molar-refractivity contribution in [1.82, 2.24) is 4.98 Å². The van der Waals surface area contributed by atoms with Crippen molar-refractivity contribution in [3.8, 4) is 89.0 Å². The second kappa shape index (κ2) is 16.4. The Morgan fingerprint density at radius 3 is 0.956 bits per heavy atom. The van der Waals surface area contributed by atoms with E-state index >= 15 is 0 Å². The van der Waals surface area contributed by atoms with Crippen molar-refractivity contribution < 1.29 is 8.83 Å². The third kappa shape index (κ3) is 7.06. The van der Waals surface area contributed by atoms with Crippen LogP contribution in [0.3, 0.4) is 0 Å². The largest absolute Gasteiger partial charge is 0.455 e. The first-order valence-corrected chi connectivity index (χ1v) is 23.1. The van der Waals surface area contributed by atoms with Crippen molar-refractivity contribution in [1.29, 1.82) is 0 Å². The van der Waals surface area contributed by atoms with Gasteiger partial charge in [0.05, 0.1) is 0 Å². The van der Waals surface area contributed by atoms with Crippen LogP contribution in [0.15, 0.2) is 258 Å². The second-order valence-corrected chi connectivity index (χ2v) is 17.5. The fourth-order valence-electron chi connectivity index (χ4n) is 9.89. The molecule has 0 saturated carbocycles. The SMILES string of the molecule is c1ccc(-c2ccc3oc4c(-c5cccc(-c6cncc(-c7cccc(-c8cc(-c9ccccc9)cc9c8oc8ccc(-c%10ccccc%10)cc89)c7)c6)c5)cc(-c5ccccc5)cc4c3c2)cc1. The lowest BCUT2D eigenvalue weighted by molar-refractivity contribution is 0.669. The molecule has 0 N–H and O–H groups in total. The topological polar surface area (TPSA) is 39.2 Å². The van der Waals surface area contributed by atoms with Gasteiger partial charge in [0, 0.05) is 56.2 Å². The molecule has 3 aromatic heterocycles. The van der Waals surface area contributed by atoms with Crippen LogP contribution >= 0.6 is 0 Å². The van der Waals surface area contributed by atoms with Crippen molar-refractivity contribution in [3.63, 3.8) is 0 Å². The quantitative estimate of drug-likeness (QED) is 0.153. The summed E-state index contributed by atoms with van der Waals surface area (Å²) in [6, 6.07) is 84.1. The van der Waals surface area contributed by atoms with Gasteiger partial charge in [-0.3, -0.25) is 4.98 Å². The lowest BCUT2D eigenvalue weighted by atomic mass is 9.92. The fraction of sp³-hybridized carbons (Fsp3) is 0. The van der Waals surface area contributed by atoms with E-state index in [1.807, 2.05) is 12.4 Å². The Labute approximate surface area is 393 Å². The molecule has 0 radical (unpaired) electrons. The van der Waals surface area contributed by atoms with Crippen molar-refractivity contribution in [3.05, 3.63) is 249 Å². The molecule has 0 bridgehead atoms. The van der Waals surface area contributed by atoms with Crippen LogP contribution in [0, 0.1) is 0 Å². The third-order valence-corrected chi connectivity index (χ3v) is 13.3. The van der Waals surface area contributed by atoms with Gasteiger partial charge in [0.1, 0.15) is 22.3 Å². The van der Waals surface area contributed by atoms with Gasteiger partial charge in [0.25, 0.3) is 0 Å². The molecule has 0 aliphatic rings. The van der Waals surface area contributed by atoms with E-state index in [1.54, 1.807) is 0 Å². The predicted octanol–water partition coefficient (Wildman–Crippen LogP) is 18.2. The summed E-state index contributed by atoms with van der Waals surface area (Å²) in [7, 11) is 0. The van der Waals surface area contributed by atoms with E-state index in [2.05, 4.69) is 237 Å². The van der Waals surface area contributed by atoms with Gasteiger partial charge < -0.3 is 8.83 Å². The minimum absolute atomic E-state index is 0.867. The molecular formula is C65H41NO2. The standard InChI is InChI=1S/C65H41NO2/c1-5-15-42(16-6-1)48-27-29-62-58(34-48)60-38-52(44-19-9-3-10-20-44)36-56(64(60)67-62)50-25-13-23-46(31-50)54-33-55(41-66-40-54)47-24-14-26-51(32-47)57-37-53(45-21-11-4-12-22-45)39-61-59-35-49(43-17-7-2-8-18-43)28-30-63(59)68-65(57)61/h1-41H. The van der Waals surface area contributed by atoms with Gasteiger partial charge in [0.15, 0.2) is 0 Å². The van der Waals surface area contributed by atoms with Crippen LogP contribution in [0.25, 0.3) is 133 Å². The molecule has 3 heterocycles. The lowest BCUT2D eigenvalue weighted by Gasteiger charge is -2.12. The van der Waals surface area contributed by atoms with Crippen molar-refractivity contribution in [2.24, 2.45) is 0 Å². The average molecular weight is 868 g/mol. The monoisotopic (exact) mass is 867 g/mol. The molecule has 0 atom stereocenters. The van der Waals surface area contributed by atoms with Crippen molar-refractivity contribution in [2.75, 3.05) is 0 Å². The number of furan rings is 2. The second-order valence-electron chi connectivity index (χ2n) is 17.5. The number of benzene rings is 10. The highest BCUT2D eigenvalue weighted by atomic mass is 16.3. The molecule has 0 saturated heterocycles. The number of hydrogen-bond acceptors (Lipinski definition) is 3. The summed E-state index contributed by atoms with van der Waals surface area (Å²) in [5.41, 5.74) is 21.2. The Hall–Kier alpha value is -9.05. The first-order valence-electron chi connectivity index (χ1n) is 23.1. The summed E-state index contributed by atoms with van der Waals surface area (Å²) >= 11 is 0. The number of nitrogens with zero attached hydrogens (tertiary/aromatic N) is 1. The van der Waals surface area contributed by atoms with Gasteiger partial charge in [-0.2, -0.15) is 0 Å². The summed E-state index contributed by atoms with van der Waals surface area (Å²) in [6.45, 7) is 0. The normalized spacial score (nSPS) is 11.5. The highest BCUT2D eigenvalue weighted by Gasteiger charge is 2.19. The van der Waals surface area contributed by atoms with Gasteiger partial charge >= 0.3 is 0 Å². The number of hydrogen-bond donors (Lipinski definition) is 0. The molecule has 68 heavy (non-hydrogen) atoms. The van der Waals surface area contributed by atoms with Crippen LogP contribution in [0.2, 0.25) is 0 Å². The van der Waals surface area contributed by atoms with E-state index in [0.717, 1.165) is 122 Å². The van der Waals surface area contributed by atoms with E-state index in [0.29, 0.717) is 0 Å². The summed E-state index contributed by atoms with van der Waals surface area (Å²) < 4.78 is 13.5. The lowest BCUT2D eigenvalue weighted by Crippen LogP contribution is -1.88. The minimum atomic E-state index is 0.867. The van der Waals surface area contributed by atoms with Gasteiger partial charge in [-0.25, -0.2) is 0 Å². The molecule has 3 nitrogen and oxygen atoms in total. The summed E-state index contributed by atoms with van der Waals surface area (Å²) in [5, 5.41) is 4.38. The summed E-state index contributed by atoms with van der Waals surface area (Å²) in [5.74, 6) is 0. The van der Waals surface area contributed by atoms with E-state index in [4.69, 9.17) is 13.8 Å². The zero-order valence-corrected chi connectivity index (χ0v) is 36.9. The Morgan fingerprint density at radius 1 is 0.221 bits per heavy atom. The maximum atomic E-state index is 6.77. The van der Waals surface area contributed by atoms with Crippen LogP contribution in [0.1, 0.15) is 0 Å². The summed E-state index contributed by atoms with van der Waals surface area (Å²) in [4.78, 5) is 4.84. The molecule has 13 aromatic rings. The van der Waals surface area contributed by atoms with E-state index in [9.17, 15) is 0 Å². The molecule has 0 fully saturated rings. The van der Waals surface area contributed by atoms with Gasteiger partial charge in [0.2, 0.25) is 0 Å². The number of rotatable bonds is 8. The maximum absolute atomic E-state index is 6.77. The van der Waals surface area contributed by atoms with Crippen LogP contribution in [0.4, 0.5) is 0 Å². The predicted molar refractivity (Wildman–Crippen MR) is 282 cm³/mol. The Bertz CT molecular complexity index is 3740. The first-order chi connectivity index (χ1) is 33.7. The van der Waals surface area contributed by atoms with Crippen LogP contribution in [0.5, 0.6) is 0 Å². The molecule has 10 aromatic carbocycles. The number of pyridine rings is 1. The molecule has 0 amide bonds. The Balaban J connectivity index is 0.905. The first kappa shape index (κ1) is 39.3. The smallest absolute Gasteiger partial charge is 0.143 e. The molecule has 0 aliphatic carbocycles. The van der Waals surface area contributed by atoms with Crippen LogP contribution in [-0.2, 0) is 0 Å². The zero-order chi connectivity index (χ0) is 45.0. The molecule has 3 heteroatoms. The van der Waals surface area contributed by atoms with Crippen molar-refractivity contribution in [2.45, 2.75) is 0 Å². The van der Waals surface area contributed by atoms with Gasteiger partial charge in [-0.1, -0.05) is 170 Å². The van der Waals surface area contributed by atoms with Gasteiger partial charge in [-0.15, -0.1) is 0 Å². The number of aromatic nitrogens is 1. The maximum Gasteiger partial charge on any atom is 0.143 e. The van der Waals surface area contributed by atoms with Crippen molar-refractivity contribution >= 4 is 43.9 Å². The zero-order valence-electron chi connectivity index (χ0n) is 36.9. The van der Waals surface area contributed by atoms with E-state index in [1.165, 1.54) is 11.1 Å². The minimum Gasteiger partial charge on any atom is -0.455 e.